The standard InChI is InChI=1S/C13H11FN4O/c1-8-3-4-10(14)5-11(8)13(19)17-12-9(6-15)7-16-18(12)2/h3-5,7H,1-2H3,(H,17,19). The van der Waals surface area contributed by atoms with Crippen LogP contribution in [0.25, 0.3) is 0 Å². The van der Waals surface area contributed by atoms with E-state index in [0.29, 0.717) is 5.56 Å². The van der Waals surface area contributed by atoms with E-state index in [2.05, 4.69) is 10.4 Å². The van der Waals surface area contributed by atoms with Crippen LogP contribution in [0.15, 0.2) is 24.4 Å². The van der Waals surface area contributed by atoms with Gasteiger partial charge in [-0.3, -0.25) is 9.48 Å². The van der Waals surface area contributed by atoms with Gasteiger partial charge in [0.05, 0.1) is 6.20 Å². The van der Waals surface area contributed by atoms with E-state index in [9.17, 15) is 9.18 Å². The van der Waals surface area contributed by atoms with Gasteiger partial charge in [0.1, 0.15) is 23.3 Å². The molecule has 1 aromatic heterocycles. The van der Waals surface area contributed by atoms with Gasteiger partial charge in [0.2, 0.25) is 0 Å². The third kappa shape index (κ3) is 2.45. The molecule has 2 aromatic rings. The lowest BCUT2D eigenvalue weighted by Gasteiger charge is -2.08. The van der Waals surface area contributed by atoms with Gasteiger partial charge >= 0.3 is 0 Å². The molecule has 0 aliphatic heterocycles. The van der Waals surface area contributed by atoms with Gasteiger partial charge in [0, 0.05) is 12.6 Å². The molecule has 0 aliphatic carbocycles. The van der Waals surface area contributed by atoms with Crippen molar-refractivity contribution in [2.24, 2.45) is 7.05 Å². The number of benzene rings is 1. The summed E-state index contributed by atoms with van der Waals surface area (Å²) < 4.78 is 14.5. The predicted octanol–water partition coefficient (Wildman–Crippen LogP) is 1.99. The second kappa shape index (κ2) is 4.90. The monoisotopic (exact) mass is 258 g/mol. The molecule has 0 fully saturated rings. The van der Waals surface area contributed by atoms with Crippen LogP contribution in [0.5, 0.6) is 0 Å². The van der Waals surface area contributed by atoms with Crippen LogP contribution in [0, 0.1) is 24.1 Å². The van der Waals surface area contributed by atoms with Crippen LogP contribution in [-0.4, -0.2) is 15.7 Å². The van der Waals surface area contributed by atoms with Crippen molar-refractivity contribution in [1.82, 2.24) is 9.78 Å². The first-order valence-electron chi connectivity index (χ1n) is 5.52. The zero-order valence-electron chi connectivity index (χ0n) is 10.4. The molecule has 1 N–H and O–H groups in total. The number of rotatable bonds is 2. The number of aryl methyl sites for hydroxylation is 2. The Hall–Kier alpha value is -2.68. The number of hydrogen-bond donors (Lipinski definition) is 1. The molecule has 0 unspecified atom stereocenters. The van der Waals surface area contributed by atoms with Crippen LogP contribution in [-0.2, 0) is 7.05 Å². The number of amides is 1. The van der Waals surface area contributed by atoms with Crippen LogP contribution in [0.1, 0.15) is 21.5 Å². The largest absolute Gasteiger partial charge is 0.306 e. The summed E-state index contributed by atoms with van der Waals surface area (Å²) in [7, 11) is 1.61. The van der Waals surface area contributed by atoms with Crippen LogP contribution in [0.4, 0.5) is 10.2 Å². The number of halogens is 1. The molecule has 1 amide bonds. The molecule has 0 aliphatic rings. The molecule has 19 heavy (non-hydrogen) atoms. The summed E-state index contributed by atoms with van der Waals surface area (Å²) in [5.74, 6) is -0.672. The third-order valence-electron chi connectivity index (χ3n) is 2.74. The molecule has 1 heterocycles. The van der Waals surface area contributed by atoms with Crippen molar-refractivity contribution < 1.29 is 9.18 Å². The molecular weight excluding hydrogens is 247 g/mol. The highest BCUT2D eigenvalue weighted by Crippen LogP contribution is 2.16. The molecule has 1 aromatic carbocycles. The summed E-state index contributed by atoms with van der Waals surface area (Å²) in [6.07, 6.45) is 1.36. The maximum absolute atomic E-state index is 13.2. The number of carbonyl (C=O) groups excluding carboxylic acids is 1. The Morgan fingerprint density at radius 3 is 2.95 bits per heavy atom. The Kier molecular flexibility index (Phi) is 3.29. The predicted molar refractivity (Wildman–Crippen MR) is 67.0 cm³/mol. The van der Waals surface area contributed by atoms with Crippen LogP contribution >= 0.6 is 0 Å². The van der Waals surface area contributed by atoms with Gasteiger partial charge in [0.15, 0.2) is 0 Å². The minimum Gasteiger partial charge on any atom is -0.306 e. The zero-order valence-corrected chi connectivity index (χ0v) is 10.4. The lowest BCUT2D eigenvalue weighted by atomic mass is 10.1. The average molecular weight is 258 g/mol. The highest BCUT2D eigenvalue weighted by Gasteiger charge is 2.15. The van der Waals surface area contributed by atoms with Crippen molar-refractivity contribution >= 4 is 11.7 Å². The highest BCUT2D eigenvalue weighted by molar-refractivity contribution is 6.05. The lowest BCUT2D eigenvalue weighted by molar-refractivity contribution is 0.102. The second-order valence-corrected chi connectivity index (χ2v) is 4.06. The van der Waals surface area contributed by atoms with Crippen molar-refractivity contribution in [3.63, 3.8) is 0 Å². The summed E-state index contributed by atoms with van der Waals surface area (Å²) in [5.41, 5.74) is 1.13. The molecule has 0 radical (unpaired) electrons. The SMILES string of the molecule is Cc1ccc(F)cc1C(=O)Nc1c(C#N)cnn1C. The van der Waals surface area contributed by atoms with Crippen LogP contribution in [0.2, 0.25) is 0 Å². The smallest absolute Gasteiger partial charge is 0.257 e. The van der Waals surface area contributed by atoms with Gasteiger partial charge in [-0.15, -0.1) is 0 Å². The molecule has 96 valence electrons. The van der Waals surface area contributed by atoms with Gasteiger partial charge in [-0.25, -0.2) is 4.39 Å². The van der Waals surface area contributed by atoms with E-state index in [0.717, 1.165) is 6.07 Å². The van der Waals surface area contributed by atoms with Crippen molar-refractivity contribution in [1.29, 1.82) is 5.26 Å². The topological polar surface area (TPSA) is 70.7 Å². The maximum Gasteiger partial charge on any atom is 0.257 e. The first-order valence-corrected chi connectivity index (χ1v) is 5.52. The number of aromatic nitrogens is 2. The second-order valence-electron chi connectivity index (χ2n) is 4.06. The van der Waals surface area contributed by atoms with Crippen LogP contribution < -0.4 is 5.32 Å². The number of anilines is 1. The maximum atomic E-state index is 13.2. The summed E-state index contributed by atoms with van der Waals surface area (Å²) in [4.78, 5) is 12.1. The first-order chi connectivity index (χ1) is 9.02. The zero-order chi connectivity index (χ0) is 14.0. The van der Waals surface area contributed by atoms with E-state index < -0.39 is 11.7 Å². The average Bonchev–Trinajstić information content (AvgIpc) is 2.73. The van der Waals surface area contributed by atoms with Gasteiger partial charge in [-0.2, -0.15) is 10.4 Å². The fourth-order valence-electron chi connectivity index (χ4n) is 1.68. The molecular formula is C13H11FN4O. The molecule has 0 spiro atoms. The molecule has 5 nitrogen and oxygen atoms in total. The van der Waals surface area contributed by atoms with E-state index in [1.165, 1.54) is 23.0 Å². The van der Waals surface area contributed by atoms with Gasteiger partial charge < -0.3 is 5.32 Å². The molecule has 0 atom stereocenters. The number of hydrogen-bond acceptors (Lipinski definition) is 3. The molecule has 0 saturated carbocycles. The minimum atomic E-state index is -0.485. The Morgan fingerprint density at radius 1 is 1.53 bits per heavy atom. The Morgan fingerprint density at radius 2 is 2.26 bits per heavy atom. The van der Waals surface area contributed by atoms with E-state index in [1.54, 1.807) is 14.0 Å². The summed E-state index contributed by atoms with van der Waals surface area (Å²) in [5, 5.41) is 15.3. The van der Waals surface area contributed by atoms with Crippen molar-refractivity contribution in [2.45, 2.75) is 6.92 Å². The third-order valence-corrected chi connectivity index (χ3v) is 2.74. The molecule has 0 bridgehead atoms. The summed E-state index contributed by atoms with van der Waals surface area (Å²) >= 11 is 0. The van der Waals surface area contributed by atoms with E-state index in [-0.39, 0.29) is 16.9 Å². The van der Waals surface area contributed by atoms with Gasteiger partial charge in [-0.05, 0) is 24.6 Å². The van der Waals surface area contributed by atoms with Crippen LogP contribution in [0.3, 0.4) is 0 Å². The van der Waals surface area contributed by atoms with E-state index in [4.69, 9.17) is 5.26 Å². The Labute approximate surface area is 109 Å². The van der Waals surface area contributed by atoms with E-state index >= 15 is 0 Å². The quantitative estimate of drug-likeness (QED) is 0.895. The number of nitriles is 1. The minimum absolute atomic E-state index is 0.227. The number of nitrogens with zero attached hydrogens (tertiary/aromatic N) is 3. The Bertz CT molecular complexity index is 684. The number of nitrogens with one attached hydrogen (secondary N) is 1. The number of carbonyl (C=O) groups is 1. The molecule has 6 heteroatoms. The summed E-state index contributed by atoms with van der Waals surface area (Å²) in [6.45, 7) is 1.71. The lowest BCUT2D eigenvalue weighted by Crippen LogP contribution is -2.16. The Balaban J connectivity index is 2.34. The van der Waals surface area contributed by atoms with Crippen molar-refractivity contribution in [2.75, 3.05) is 5.32 Å². The fourth-order valence-corrected chi connectivity index (χ4v) is 1.68. The first kappa shape index (κ1) is 12.8. The fraction of sp³-hybridized carbons (Fsp3) is 0.154. The summed E-state index contributed by atoms with van der Waals surface area (Å²) in [6, 6.07) is 5.90. The van der Waals surface area contributed by atoms with Gasteiger partial charge in [-0.1, -0.05) is 6.07 Å². The molecule has 0 saturated heterocycles. The normalized spacial score (nSPS) is 10.0. The van der Waals surface area contributed by atoms with Gasteiger partial charge in [0.25, 0.3) is 5.91 Å². The molecule has 2 rings (SSSR count). The van der Waals surface area contributed by atoms with E-state index in [1.807, 2.05) is 6.07 Å². The highest BCUT2D eigenvalue weighted by atomic mass is 19.1. The van der Waals surface area contributed by atoms with Crippen molar-refractivity contribution in [3.8, 4) is 6.07 Å². The van der Waals surface area contributed by atoms with Crippen molar-refractivity contribution in [3.05, 3.63) is 46.9 Å².